The van der Waals surface area contributed by atoms with Crippen LogP contribution >= 0.6 is 0 Å². The van der Waals surface area contributed by atoms with E-state index in [1.54, 1.807) is 0 Å². The largest absolute Gasteiger partial charge is 0.450 e. The second-order valence-corrected chi connectivity index (χ2v) is 6.91. The molecule has 0 aromatic rings. The van der Waals surface area contributed by atoms with Crippen LogP contribution in [0.25, 0.3) is 0 Å². The Morgan fingerprint density at radius 2 is 1.91 bits per heavy atom. The van der Waals surface area contributed by atoms with E-state index in [-0.39, 0.29) is 12.3 Å². The third-order valence-electron chi connectivity index (χ3n) is 5.69. The van der Waals surface area contributed by atoms with Crippen LogP contribution in [0, 0.1) is 11.8 Å². The van der Waals surface area contributed by atoms with Gasteiger partial charge in [-0.15, -0.1) is 0 Å². The van der Waals surface area contributed by atoms with E-state index < -0.39 is 41.0 Å². The molecule has 0 aromatic heterocycles. The van der Waals surface area contributed by atoms with E-state index in [1.807, 2.05) is 0 Å². The van der Waals surface area contributed by atoms with Crippen LogP contribution in [0.1, 0.15) is 39.5 Å². The summed E-state index contributed by atoms with van der Waals surface area (Å²) < 4.78 is 78.6. The van der Waals surface area contributed by atoms with E-state index in [1.165, 1.54) is 0 Å². The fourth-order valence-electron chi connectivity index (χ4n) is 4.68. The Labute approximate surface area is 128 Å². The van der Waals surface area contributed by atoms with Gasteiger partial charge in [0.2, 0.25) is 5.60 Å². The summed E-state index contributed by atoms with van der Waals surface area (Å²) in [5, 5.41) is 9.77. The van der Waals surface area contributed by atoms with Gasteiger partial charge >= 0.3 is 23.9 Å². The third kappa shape index (κ3) is 1.75. The van der Waals surface area contributed by atoms with Crippen molar-refractivity contribution in [2.45, 2.75) is 68.6 Å². The number of esters is 1. The van der Waals surface area contributed by atoms with Crippen LogP contribution in [0.4, 0.5) is 22.0 Å². The number of carbonyl (C=O) groups excluding carboxylic acids is 1. The smallest absolute Gasteiger partial charge is 0.449 e. The lowest BCUT2D eigenvalue weighted by Gasteiger charge is -2.44. The molecule has 9 heteroatoms. The summed E-state index contributed by atoms with van der Waals surface area (Å²) in [5.74, 6) is -11.4. The molecule has 3 rings (SSSR count). The number of hydrogen-bond acceptors (Lipinski definition) is 4. The first-order valence-electron chi connectivity index (χ1n) is 7.37. The summed E-state index contributed by atoms with van der Waals surface area (Å²) in [6.07, 6.45) is -4.33. The number of alkyl halides is 5. The number of fused-ring (bicyclic) bond motifs is 3. The van der Waals surface area contributed by atoms with E-state index in [4.69, 9.17) is 9.47 Å². The van der Waals surface area contributed by atoms with Gasteiger partial charge in [-0.2, -0.15) is 22.0 Å². The maximum absolute atomic E-state index is 14.7. The minimum atomic E-state index is -5.73. The van der Waals surface area contributed by atoms with Crippen molar-refractivity contribution in [3.05, 3.63) is 0 Å². The van der Waals surface area contributed by atoms with Crippen LogP contribution < -0.4 is 0 Å². The number of ether oxygens (including phenoxy) is 2. The minimum absolute atomic E-state index is 0.0822. The second kappa shape index (κ2) is 4.36. The average Bonchev–Trinajstić information content (AvgIpc) is 2.99. The molecule has 4 nitrogen and oxygen atoms in total. The van der Waals surface area contributed by atoms with Crippen LogP contribution in [-0.2, 0) is 14.3 Å². The summed E-state index contributed by atoms with van der Waals surface area (Å²) >= 11 is 0. The molecule has 0 radical (unpaired) electrons. The molecule has 1 heterocycles. The van der Waals surface area contributed by atoms with E-state index >= 15 is 0 Å². The number of halogens is 5. The molecule has 3 aliphatic rings. The zero-order chi connectivity index (χ0) is 17.5. The van der Waals surface area contributed by atoms with E-state index in [9.17, 15) is 31.9 Å². The molecule has 5 unspecified atom stereocenters. The second-order valence-electron chi connectivity index (χ2n) is 6.91. The zero-order valence-electron chi connectivity index (χ0n) is 12.5. The lowest BCUT2D eigenvalue weighted by molar-refractivity contribution is -0.417. The van der Waals surface area contributed by atoms with Gasteiger partial charge in [-0.25, -0.2) is 0 Å². The molecule has 132 valence electrons. The minimum Gasteiger partial charge on any atom is -0.450 e. The van der Waals surface area contributed by atoms with Crippen molar-refractivity contribution in [1.82, 2.24) is 0 Å². The maximum atomic E-state index is 14.7. The highest BCUT2D eigenvalue weighted by Crippen LogP contribution is 2.69. The maximum Gasteiger partial charge on any atom is 0.449 e. The van der Waals surface area contributed by atoms with Crippen LogP contribution in [0.15, 0.2) is 0 Å². The number of carbonyl (C=O) groups is 1. The zero-order valence-corrected chi connectivity index (χ0v) is 12.5. The van der Waals surface area contributed by atoms with Crippen molar-refractivity contribution < 1.29 is 41.3 Å². The average molecular weight is 344 g/mol. The molecule has 2 bridgehead atoms. The van der Waals surface area contributed by atoms with Gasteiger partial charge in [0.15, 0.2) is 0 Å². The quantitative estimate of drug-likeness (QED) is 0.587. The lowest BCUT2D eigenvalue weighted by atomic mass is 9.70. The lowest BCUT2D eigenvalue weighted by Crippen LogP contribution is -2.65. The summed E-state index contributed by atoms with van der Waals surface area (Å²) in [6, 6.07) is 0. The molecule has 1 saturated heterocycles. The Hall–Kier alpha value is -0.960. The number of rotatable bonds is 1. The van der Waals surface area contributed by atoms with Gasteiger partial charge in [-0.05, 0) is 44.4 Å². The van der Waals surface area contributed by atoms with Gasteiger partial charge in [-0.1, -0.05) is 0 Å². The monoisotopic (exact) mass is 344 g/mol. The Morgan fingerprint density at radius 3 is 2.30 bits per heavy atom. The molecule has 1 aliphatic heterocycles. The SMILES string of the molecule is CC(=O)OC1(C)C2(CC3CCC2C3)OC(O)(C(F)(F)F)C1(F)F. The topological polar surface area (TPSA) is 55.8 Å². The molecule has 2 saturated carbocycles. The molecule has 23 heavy (non-hydrogen) atoms. The summed E-state index contributed by atoms with van der Waals surface area (Å²) in [6.45, 7) is 1.58. The molecule has 0 amide bonds. The molecule has 2 aliphatic carbocycles. The van der Waals surface area contributed by atoms with Crippen LogP contribution in [-0.4, -0.2) is 40.2 Å². The van der Waals surface area contributed by atoms with E-state index in [0.717, 1.165) is 13.8 Å². The molecule has 0 aromatic carbocycles. The van der Waals surface area contributed by atoms with Crippen molar-refractivity contribution in [3.63, 3.8) is 0 Å². The molecule has 1 spiro atoms. The summed E-state index contributed by atoms with van der Waals surface area (Å²) in [7, 11) is 0. The highest BCUT2D eigenvalue weighted by molar-refractivity contribution is 5.67. The van der Waals surface area contributed by atoms with Gasteiger partial charge in [0, 0.05) is 6.92 Å². The first-order chi connectivity index (χ1) is 10.3. The van der Waals surface area contributed by atoms with E-state index in [0.29, 0.717) is 19.3 Å². The Morgan fingerprint density at radius 1 is 1.30 bits per heavy atom. The Kier molecular flexibility index (Phi) is 3.20. The molecule has 1 N–H and O–H groups in total. The van der Waals surface area contributed by atoms with Gasteiger partial charge in [-0.3, -0.25) is 4.79 Å². The van der Waals surface area contributed by atoms with Gasteiger partial charge in [0.25, 0.3) is 0 Å². The Bertz CT molecular complexity index is 550. The fraction of sp³-hybridized carbons (Fsp3) is 0.929. The first-order valence-corrected chi connectivity index (χ1v) is 7.37. The highest BCUT2D eigenvalue weighted by atomic mass is 19.4. The van der Waals surface area contributed by atoms with Gasteiger partial charge in [0.1, 0.15) is 5.60 Å². The molecular formula is C14H17F5O4. The van der Waals surface area contributed by atoms with Crippen molar-refractivity contribution in [2.75, 3.05) is 0 Å². The Balaban J connectivity index is 2.18. The van der Waals surface area contributed by atoms with Crippen molar-refractivity contribution in [2.24, 2.45) is 11.8 Å². The van der Waals surface area contributed by atoms with Gasteiger partial charge in [0.05, 0.1) is 0 Å². The van der Waals surface area contributed by atoms with E-state index in [2.05, 4.69) is 0 Å². The third-order valence-corrected chi connectivity index (χ3v) is 5.69. The van der Waals surface area contributed by atoms with Crippen molar-refractivity contribution in [3.8, 4) is 0 Å². The molecule has 5 atom stereocenters. The van der Waals surface area contributed by atoms with Crippen LogP contribution in [0.5, 0.6) is 0 Å². The summed E-state index contributed by atoms with van der Waals surface area (Å²) in [5.41, 5.74) is -4.94. The van der Waals surface area contributed by atoms with Crippen LogP contribution in [0.3, 0.4) is 0 Å². The van der Waals surface area contributed by atoms with Crippen LogP contribution in [0.2, 0.25) is 0 Å². The molecule has 3 fully saturated rings. The highest BCUT2D eigenvalue weighted by Gasteiger charge is 2.91. The molecular weight excluding hydrogens is 327 g/mol. The normalized spacial score (nSPS) is 48.2. The first kappa shape index (κ1) is 16.9. The fourth-order valence-corrected chi connectivity index (χ4v) is 4.68. The van der Waals surface area contributed by atoms with Gasteiger partial charge < -0.3 is 14.6 Å². The number of hydrogen-bond donors (Lipinski definition) is 1. The standard InChI is InChI=1S/C14H17F5O4/c1-7(20)22-10(2)11(6-8-3-4-9(11)5-8)23-13(21,12(10,15)16)14(17,18)19/h8-9,21H,3-6H2,1-2H3. The summed E-state index contributed by atoms with van der Waals surface area (Å²) in [4.78, 5) is 11.3. The predicted molar refractivity (Wildman–Crippen MR) is 65.4 cm³/mol. The number of aliphatic hydroxyl groups is 1. The predicted octanol–water partition coefficient (Wildman–Crippen LogP) is 2.78. The van der Waals surface area contributed by atoms with Crippen molar-refractivity contribution in [1.29, 1.82) is 0 Å². The van der Waals surface area contributed by atoms with Crippen molar-refractivity contribution >= 4 is 5.97 Å².